The average molecular weight is 475 g/mol. The Morgan fingerprint density at radius 1 is 1.12 bits per heavy atom. The van der Waals surface area contributed by atoms with Crippen molar-refractivity contribution >= 4 is 40.9 Å². The van der Waals surface area contributed by atoms with Crippen molar-refractivity contribution in [2.24, 2.45) is 0 Å². The zero-order chi connectivity index (χ0) is 24.0. The number of likely N-dealkylation sites (tertiary alicyclic amines) is 1. The molecular weight excluding hydrogens is 451 g/mol. The van der Waals surface area contributed by atoms with Gasteiger partial charge in [-0.05, 0) is 37.1 Å². The highest BCUT2D eigenvalue weighted by Gasteiger charge is 2.34. The molecule has 1 heterocycles. The molecule has 1 aliphatic rings. The molecule has 174 valence electrons. The molecule has 0 aromatic heterocycles. The first kappa shape index (κ1) is 24.2. The van der Waals surface area contributed by atoms with Gasteiger partial charge in [-0.2, -0.15) is 0 Å². The zero-order valence-corrected chi connectivity index (χ0v) is 18.7. The number of anilines is 1. The van der Waals surface area contributed by atoms with Gasteiger partial charge in [0.05, 0.1) is 17.1 Å². The third-order valence-corrected chi connectivity index (χ3v) is 5.57. The van der Waals surface area contributed by atoms with E-state index < -0.39 is 23.7 Å². The molecular formula is C23H24ClFN4O4. The summed E-state index contributed by atoms with van der Waals surface area (Å²) in [7, 11) is 0. The van der Waals surface area contributed by atoms with E-state index in [0.717, 1.165) is 0 Å². The first-order chi connectivity index (χ1) is 15.8. The van der Waals surface area contributed by atoms with Crippen LogP contribution in [-0.4, -0.2) is 47.7 Å². The summed E-state index contributed by atoms with van der Waals surface area (Å²) in [5.74, 6) is -2.02. The number of carbonyl (C=O) groups is 4. The Morgan fingerprint density at radius 3 is 2.61 bits per heavy atom. The predicted molar refractivity (Wildman–Crippen MR) is 121 cm³/mol. The molecule has 1 unspecified atom stereocenters. The zero-order valence-electron chi connectivity index (χ0n) is 18.0. The number of nitrogens with one attached hydrogen (secondary N) is 3. The van der Waals surface area contributed by atoms with E-state index in [9.17, 15) is 23.6 Å². The van der Waals surface area contributed by atoms with Gasteiger partial charge in [-0.15, -0.1) is 0 Å². The van der Waals surface area contributed by atoms with Crippen molar-refractivity contribution in [2.45, 2.75) is 32.4 Å². The molecule has 0 radical (unpaired) electrons. The molecule has 2 aromatic carbocycles. The van der Waals surface area contributed by atoms with Gasteiger partial charge < -0.3 is 20.9 Å². The molecule has 0 bridgehead atoms. The van der Waals surface area contributed by atoms with Crippen molar-refractivity contribution < 1.29 is 23.6 Å². The van der Waals surface area contributed by atoms with E-state index in [4.69, 9.17) is 11.6 Å². The van der Waals surface area contributed by atoms with E-state index in [1.54, 1.807) is 24.3 Å². The van der Waals surface area contributed by atoms with Crippen LogP contribution in [0.1, 0.15) is 35.7 Å². The monoisotopic (exact) mass is 474 g/mol. The van der Waals surface area contributed by atoms with Crippen molar-refractivity contribution in [3.63, 3.8) is 0 Å². The van der Waals surface area contributed by atoms with Crippen LogP contribution in [0.5, 0.6) is 0 Å². The summed E-state index contributed by atoms with van der Waals surface area (Å²) >= 11 is 6.16. The first-order valence-electron chi connectivity index (χ1n) is 10.4. The highest BCUT2D eigenvalue weighted by molar-refractivity contribution is 6.34. The fraction of sp³-hybridized carbons (Fsp3) is 0.304. The quantitative estimate of drug-likeness (QED) is 0.573. The van der Waals surface area contributed by atoms with Gasteiger partial charge in [0, 0.05) is 31.3 Å². The molecule has 1 fully saturated rings. The topological polar surface area (TPSA) is 108 Å². The fourth-order valence-electron chi connectivity index (χ4n) is 3.55. The lowest BCUT2D eigenvalue weighted by Gasteiger charge is -2.24. The second-order valence-corrected chi connectivity index (χ2v) is 8.02. The molecule has 8 nitrogen and oxygen atoms in total. The van der Waals surface area contributed by atoms with E-state index in [1.165, 1.54) is 30.0 Å². The van der Waals surface area contributed by atoms with Gasteiger partial charge in [-0.3, -0.25) is 19.2 Å². The molecule has 1 aliphatic heterocycles. The van der Waals surface area contributed by atoms with Crippen LogP contribution < -0.4 is 16.0 Å². The Morgan fingerprint density at radius 2 is 1.88 bits per heavy atom. The summed E-state index contributed by atoms with van der Waals surface area (Å²) in [6.45, 7) is 1.53. The van der Waals surface area contributed by atoms with Gasteiger partial charge in [-0.1, -0.05) is 29.8 Å². The maximum Gasteiger partial charge on any atom is 0.253 e. The molecule has 1 saturated heterocycles. The number of halogens is 2. The average Bonchev–Trinajstić information content (AvgIpc) is 3.28. The Bertz CT molecular complexity index is 1080. The largest absolute Gasteiger partial charge is 0.348 e. The summed E-state index contributed by atoms with van der Waals surface area (Å²) in [5, 5.41) is 7.95. The smallest absolute Gasteiger partial charge is 0.253 e. The van der Waals surface area contributed by atoms with Crippen LogP contribution in [0.2, 0.25) is 5.02 Å². The second-order valence-electron chi connectivity index (χ2n) is 7.61. The van der Waals surface area contributed by atoms with Crippen LogP contribution in [0.25, 0.3) is 0 Å². The van der Waals surface area contributed by atoms with Crippen molar-refractivity contribution in [3.05, 3.63) is 64.4 Å². The van der Waals surface area contributed by atoms with Crippen molar-refractivity contribution in [1.29, 1.82) is 0 Å². The Kier molecular flexibility index (Phi) is 8.00. The van der Waals surface area contributed by atoms with Crippen molar-refractivity contribution in [3.8, 4) is 0 Å². The Balaban J connectivity index is 1.65. The summed E-state index contributed by atoms with van der Waals surface area (Å²) in [6, 6.07) is 9.86. The lowest BCUT2D eigenvalue weighted by atomic mass is 10.1. The van der Waals surface area contributed by atoms with Gasteiger partial charge in [-0.25, -0.2) is 4.39 Å². The van der Waals surface area contributed by atoms with Crippen LogP contribution in [0.3, 0.4) is 0 Å². The van der Waals surface area contributed by atoms with E-state index in [-0.39, 0.29) is 35.5 Å². The molecule has 3 rings (SSSR count). The maximum absolute atomic E-state index is 13.8. The van der Waals surface area contributed by atoms with Crippen LogP contribution in [0.4, 0.5) is 10.1 Å². The third kappa shape index (κ3) is 6.29. The van der Waals surface area contributed by atoms with E-state index in [1.807, 2.05) is 0 Å². The van der Waals surface area contributed by atoms with Crippen LogP contribution in [0, 0.1) is 5.82 Å². The van der Waals surface area contributed by atoms with Crippen molar-refractivity contribution in [1.82, 2.24) is 15.5 Å². The molecule has 10 heteroatoms. The van der Waals surface area contributed by atoms with Crippen molar-refractivity contribution in [2.75, 3.05) is 18.4 Å². The molecule has 2 aromatic rings. The van der Waals surface area contributed by atoms with Crippen LogP contribution in [-0.2, 0) is 20.9 Å². The molecule has 0 saturated carbocycles. The number of benzene rings is 2. The van der Waals surface area contributed by atoms with Crippen LogP contribution in [0.15, 0.2) is 42.5 Å². The summed E-state index contributed by atoms with van der Waals surface area (Å²) in [4.78, 5) is 50.2. The number of rotatable bonds is 7. The molecule has 3 N–H and O–H groups in total. The van der Waals surface area contributed by atoms with Gasteiger partial charge in [0.25, 0.3) is 5.91 Å². The number of amides is 4. The number of hydrogen-bond acceptors (Lipinski definition) is 4. The second kappa shape index (κ2) is 10.9. The van der Waals surface area contributed by atoms with Crippen LogP contribution >= 0.6 is 11.6 Å². The van der Waals surface area contributed by atoms with Gasteiger partial charge >= 0.3 is 0 Å². The molecule has 33 heavy (non-hydrogen) atoms. The number of hydrogen-bond donors (Lipinski definition) is 3. The molecule has 4 amide bonds. The maximum atomic E-state index is 13.8. The minimum absolute atomic E-state index is 0.0220. The Labute approximate surface area is 195 Å². The lowest BCUT2D eigenvalue weighted by molar-refractivity contribution is -0.136. The first-order valence-corrected chi connectivity index (χ1v) is 10.8. The Hall–Kier alpha value is -3.46. The van der Waals surface area contributed by atoms with Gasteiger partial charge in [0.2, 0.25) is 17.7 Å². The summed E-state index contributed by atoms with van der Waals surface area (Å²) < 4.78 is 13.8. The lowest BCUT2D eigenvalue weighted by Crippen LogP contribution is -2.46. The van der Waals surface area contributed by atoms with E-state index in [0.29, 0.717) is 30.6 Å². The van der Waals surface area contributed by atoms with Gasteiger partial charge in [0.15, 0.2) is 0 Å². The summed E-state index contributed by atoms with van der Waals surface area (Å²) in [5.41, 5.74) is 0.786. The third-order valence-electron chi connectivity index (χ3n) is 5.24. The standard InChI is InChI=1S/C23H24ClFN4O4/c1-14(30)26-13-21(31)29-10-4-7-20(29)23(33)28-16-8-9-18(24)17(11-16)22(32)27-12-15-5-2-3-6-19(15)25/h2-3,5-6,8-9,11,20H,4,7,10,12-13H2,1H3,(H,26,30)(H,27,32)(H,28,33). The highest BCUT2D eigenvalue weighted by atomic mass is 35.5. The fourth-order valence-corrected chi connectivity index (χ4v) is 3.76. The van der Waals surface area contributed by atoms with E-state index in [2.05, 4.69) is 16.0 Å². The predicted octanol–water partition coefficient (Wildman–Crippen LogP) is 2.47. The summed E-state index contributed by atoms with van der Waals surface area (Å²) in [6.07, 6.45) is 1.15. The molecule has 0 spiro atoms. The van der Waals surface area contributed by atoms with E-state index >= 15 is 0 Å². The highest BCUT2D eigenvalue weighted by Crippen LogP contribution is 2.23. The molecule has 0 aliphatic carbocycles. The number of carbonyl (C=O) groups excluding carboxylic acids is 4. The SMILES string of the molecule is CC(=O)NCC(=O)N1CCCC1C(=O)Nc1ccc(Cl)c(C(=O)NCc2ccccc2F)c1. The normalized spacial score (nSPS) is 15.1. The number of nitrogens with zero attached hydrogens (tertiary/aromatic N) is 1. The van der Waals surface area contributed by atoms with Gasteiger partial charge in [0.1, 0.15) is 11.9 Å². The minimum atomic E-state index is -0.680. The molecule has 1 atom stereocenters. The minimum Gasteiger partial charge on any atom is -0.348 e.